The minimum absolute atomic E-state index is 0.240. The molecular weight excluding hydrogens is 228 g/mol. The van der Waals surface area contributed by atoms with E-state index in [0.717, 1.165) is 0 Å². The molecule has 0 aliphatic heterocycles. The van der Waals surface area contributed by atoms with Gasteiger partial charge in [-0.15, -0.1) is 0 Å². The molecule has 0 aliphatic carbocycles. The van der Waals surface area contributed by atoms with Gasteiger partial charge in [0.25, 0.3) is 0 Å². The van der Waals surface area contributed by atoms with Gasteiger partial charge in [0, 0.05) is 25.8 Å². The summed E-state index contributed by atoms with van der Waals surface area (Å²) in [6, 6.07) is 6.36. The van der Waals surface area contributed by atoms with Crippen LogP contribution in [0.25, 0.3) is 0 Å². The van der Waals surface area contributed by atoms with Crippen molar-refractivity contribution in [2.45, 2.75) is 38.5 Å². The van der Waals surface area contributed by atoms with Crippen LogP contribution in [0.4, 0.5) is 0 Å². The fourth-order valence-electron chi connectivity index (χ4n) is 1.93. The molecule has 0 radical (unpaired) electrons. The van der Waals surface area contributed by atoms with Gasteiger partial charge in [0.1, 0.15) is 0 Å². The lowest BCUT2D eigenvalue weighted by molar-refractivity contribution is 0.0327. The van der Waals surface area contributed by atoms with Gasteiger partial charge in [-0.25, -0.2) is 0 Å². The molecular formula is C13H20N4O. The van der Waals surface area contributed by atoms with E-state index in [1.165, 1.54) is 0 Å². The Bertz CT molecular complexity index is 289. The van der Waals surface area contributed by atoms with Gasteiger partial charge in [-0.05, 0) is 24.7 Å². The smallest absolute Gasteiger partial charge is 0.0621 e. The lowest BCUT2D eigenvalue weighted by atomic mass is 9.76. The van der Waals surface area contributed by atoms with Crippen LogP contribution in [0.2, 0.25) is 0 Å². The molecule has 18 heavy (non-hydrogen) atoms. The second kappa shape index (κ2) is 10.5. The number of nitriles is 3. The van der Waals surface area contributed by atoms with Gasteiger partial charge in [-0.2, -0.15) is 15.8 Å². The zero-order valence-electron chi connectivity index (χ0n) is 10.7. The summed E-state index contributed by atoms with van der Waals surface area (Å²) in [7, 11) is 0. The van der Waals surface area contributed by atoms with Crippen LogP contribution < -0.4 is 5.73 Å². The lowest BCUT2D eigenvalue weighted by Crippen LogP contribution is -2.28. The number of rotatable bonds is 10. The van der Waals surface area contributed by atoms with Crippen molar-refractivity contribution in [3.05, 3.63) is 0 Å². The van der Waals surface area contributed by atoms with E-state index >= 15 is 0 Å². The first-order valence-corrected chi connectivity index (χ1v) is 6.13. The normalized spacial score (nSPS) is 10.3. The zero-order valence-corrected chi connectivity index (χ0v) is 10.7. The predicted molar refractivity (Wildman–Crippen MR) is 66.8 cm³/mol. The third-order valence-electron chi connectivity index (χ3n) is 2.97. The Morgan fingerprint density at radius 3 is 1.67 bits per heavy atom. The van der Waals surface area contributed by atoms with E-state index in [2.05, 4.69) is 18.2 Å². The van der Waals surface area contributed by atoms with Crippen molar-refractivity contribution >= 4 is 0 Å². The van der Waals surface area contributed by atoms with Crippen LogP contribution in [-0.2, 0) is 4.74 Å². The fraction of sp³-hybridized carbons (Fsp3) is 0.769. The molecule has 5 nitrogen and oxygen atoms in total. The number of ether oxygens (including phenoxy) is 1. The van der Waals surface area contributed by atoms with Gasteiger partial charge in [-0.3, -0.25) is 0 Å². The van der Waals surface area contributed by atoms with Crippen molar-refractivity contribution in [2.24, 2.45) is 11.1 Å². The summed E-state index contributed by atoms with van der Waals surface area (Å²) in [5.74, 6) is 0. The van der Waals surface area contributed by atoms with Crippen molar-refractivity contribution in [1.29, 1.82) is 15.8 Å². The van der Waals surface area contributed by atoms with E-state index in [1.54, 1.807) is 0 Å². The van der Waals surface area contributed by atoms with Crippen molar-refractivity contribution < 1.29 is 4.74 Å². The SMILES string of the molecule is N#CCCC(CCC#N)(CCC#N)COCCN. The second-order valence-corrected chi connectivity index (χ2v) is 4.32. The number of nitrogens with two attached hydrogens (primary N) is 1. The van der Waals surface area contributed by atoms with Gasteiger partial charge in [0.2, 0.25) is 0 Å². The number of hydrogen-bond donors (Lipinski definition) is 1. The third kappa shape index (κ3) is 6.86. The molecule has 0 aromatic heterocycles. The maximum absolute atomic E-state index is 8.71. The van der Waals surface area contributed by atoms with Crippen LogP contribution in [0, 0.1) is 39.4 Å². The van der Waals surface area contributed by atoms with Crippen LogP contribution in [0.3, 0.4) is 0 Å². The van der Waals surface area contributed by atoms with Crippen molar-refractivity contribution in [1.82, 2.24) is 0 Å². The Morgan fingerprint density at radius 2 is 1.33 bits per heavy atom. The molecule has 0 heterocycles. The monoisotopic (exact) mass is 248 g/mol. The molecule has 0 aromatic carbocycles. The maximum atomic E-state index is 8.71. The predicted octanol–water partition coefficient (Wildman–Crippen LogP) is 1.86. The molecule has 0 aliphatic rings. The highest BCUT2D eigenvalue weighted by molar-refractivity contribution is 4.89. The average molecular weight is 248 g/mol. The Balaban J connectivity index is 4.59. The minimum atomic E-state index is -0.240. The summed E-state index contributed by atoms with van der Waals surface area (Å²) in [5, 5.41) is 26.1. The first kappa shape index (κ1) is 16.4. The molecule has 0 saturated heterocycles. The van der Waals surface area contributed by atoms with Gasteiger partial charge < -0.3 is 10.5 Å². The van der Waals surface area contributed by atoms with Crippen LogP contribution in [0.15, 0.2) is 0 Å². The topological polar surface area (TPSA) is 107 Å². The fourth-order valence-corrected chi connectivity index (χ4v) is 1.93. The number of hydrogen-bond acceptors (Lipinski definition) is 5. The Labute approximate surface area is 109 Å². The summed E-state index contributed by atoms with van der Waals surface area (Å²) in [5.41, 5.74) is 5.14. The zero-order chi connectivity index (χ0) is 13.7. The summed E-state index contributed by atoms with van der Waals surface area (Å²) < 4.78 is 5.49. The van der Waals surface area contributed by atoms with E-state index in [1.807, 2.05) is 0 Å². The second-order valence-electron chi connectivity index (χ2n) is 4.32. The maximum Gasteiger partial charge on any atom is 0.0621 e. The quantitative estimate of drug-likeness (QED) is 0.594. The molecule has 5 heteroatoms. The van der Waals surface area contributed by atoms with E-state index in [4.69, 9.17) is 26.3 Å². The number of nitrogens with zero attached hydrogens (tertiary/aromatic N) is 3. The molecule has 0 saturated carbocycles. The highest BCUT2D eigenvalue weighted by Crippen LogP contribution is 2.35. The van der Waals surface area contributed by atoms with Crippen LogP contribution in [0.1, 0.15) is 38.5 Å². The highest BCUT2D eigenvalue weighted by Gasteiger charge is 2.29. The van der Waals surface area contributed by atoms with Gasteiger partial charge in [0.05, 0.1) is 31.4 Å². The molecule has 0 rings (SSSR count). The van der Waals surface area contributed by atoms with E-state index in [0.29, 0.717) is 58.3 Å². The van der Waals surface area contributed by atoms with Crippen molar-refractivity contribution in [3.8, 4) is 18.2 Å². The first-order valence-electron chi connectivity index (χ1n) is 6.13. The van der Waals surface area contributed by atoms with Crippen LogP contribution >= 0.6 is 0 Å². The Kier molecular flexibility index (Phi) is 9.60. The first-order chi connectivity index (χ1) is 8.74. The van der Waals surface area contributed by atoms with Crippen LogP contribution in [-0.4, -0.2) is 19.8 Å². The van der Waals surface area contributed by atoms with Gasteiger partial charge in [-0.1, -0.05) is 0 Å². The molecule has 0 atom stereocenters. The van der Waals surface area contributed by atoms with E-state index in [-0.39, 0.29) is 5.41 Å². The molecule has 0 amide bonds. The molecule has 0 spiro atoms. The van der Waals surface area contributed by atoms with E-state index < -0.39 is 0 Å². The highest BCUT2D eigenvalue weighted by atomic mass is 16.5. The Hall–Kier alpha value is -1.61. The van der Waals surface area contributed by atoms with E-state index in [9.17, 15) is 0 Å². The lowest BCUT2D eigenvalue weighted by Gasteiger charge is -2.31. The molecule has 0 fully saturated rings. The molecule has 0 aromatic rings. The minimum Gasteiger partial charge on any atom is -0.380 e. The molecule has 2 N–H and O–H groups in total. The van der Waals surface area contributed by atoms with Gasteiger partial charge >= 0.3 is 0 Å². The summed E-state index contributed by atoms with van der Waals surface area (Å²) in [4.78, 5) is 0. The molecule has 98 valence electrons. The van der Waals surface area contributed by atoms with Crippen molar-refractivity contribution in [2.75, 3.05) is 19.8 Å². The summed E-state index contributed by atoms with van der Waals surface area (Å²) >= 11 is 0. The average Bonchev–Trinajstić information content (AvgIpc) is 2.40. The van der Waals surface area contributed by atoms with Crippen LogP contribution in [0.5, 0.6) is 0 Å². The summed E-state index contributed by atoms with van der Waals surface area (Å²) in [6.07, 6.45) is 3.25. The molecule has 0 bridgehead atoms. The van der Waals surface area contributed by atoms with Gasteiger partial charge in [0.15, 0.2) is 0 Å². The Morgan fingerprint density at radius 1 is 0.889 bits per heavy atom. The third-order valence-corrected chi connectivity index (χ3v) is 2.97. The largest absolute Gasteiger partial charge is 0.380 e. The summed E-state index contributed by atoms with van der Waals surface area (Å²) in [6.45, 7) is 1.38. The molecule has 0 unspecified atom stereocenters. The standard InChI is InChI=1S/C13H20N4O/c14-7-1-4-13(5-2-8-15,6-3-9-16)12-18-11-10-17/h1-6,10-12,17H2. The van der Waals surface area contributed by atoms with Crippen molar-refractivity contribution in [3.63, 3.8) is 0 Å².